The van der Waals surface area contributed by atoms with Crippen molar-refractivity contribution in [3.63, 3.8) is 0 Å². The van der Waals surface area contributed by atoms with Crippen molar-refractivity contribution in [3.8, 4) is 0 Å². The summed E-state index contributed by atoms with van der Waals surface area (Å²) in [7, 11) is -1.56. The van der Waals surface area contributed by atoms with E-state index in [0.717, 1.165) is 19.3 Å². The molecule has 0 bridgehead atoms. The molecular formula is C12H23F3N2OS. The third kappa shape index (κ3) is 5.39. The highest BCUT2D eigenvalue weighted by atomic mass is 32.2. The maximum atomic E-state index is 13.1. The van der Waals surface area contributed by atoms with Crippen molar-refractivity contribution < 1.29 is 17.4 Å². The van der Waals surface area contributed by atoms with Crippen LogP contribution < -0.4 is 10.3 Å². The average molecular weight is 300 g/mol. The van der Waals surface area contributed by atoms with Gasteiger partial charge in [-0.25, -0.2) is 9.63 Å². The van der Waals surface area contributed by atoms with Crippen molar-refractivity contribution in [3.05, 3.63) is 0 Å². The van der Waals surface area contributed by atoms with E-state index in [1.165, 1.54) is 0 Å². The number of alkyl halides is 3. The summed E-state index contributed by atoms with van der Waals surface area (Å²) in [5.41, 5.74) is 2.26. The quantitative estimate of drug-likeness (QED) is 0.784. The van der Waals surface area contributed by atoms with E-state index in [9.17, 15) is 17.4 Å². The third-order valence-electron chi connectivity index (χ3n) is 3.34. The molecule has 0 aliphatic heterocycles. The van der Waals surface area contributed by atoms with E-state index in [4.69, 9.17) is 0 Å². The Morgan fingerprint density at radius 1 is 1.11 bits per heavy atom. The van der Waals surface area contributed by atoms with Crippen LogP contribution in [0.2, 0.25) is 0 Å². The van der Waals surface area contributed by atoms with E-state index in [1.54, 1.807) is 20.8 Å². The van der Waals surface area contributed by atoms with Crippen LogP contribution in [0.3, 0.4) is 0 Å². The molecule has 0 spiro atoms. The molecule has 7 heteroatoms. The summed E-state index contributed by atoms with van der Waals surface area (Å²) >= 11 is 0. The molecule has 0 aromatic carbocycles. The first-order chi connectivity index (χ1) is 8.62. The molecule has 1 fully saturated rings. The van der Waals surface area contributed by atoms with Gasteiger partial charge in [0, 0.05) is 0 Å². The number of nitrogens with one attached hydrogen (secondary N) is 2. The molecule has 1 saturated carbocycles. The number of rotatable bonds is 4. The Labute approximate surface area is 115 Å². The van der Waals surface area contributed by atoms with Gasteiger partial charge in [-0.2, -0.15) is 18.0 Å². The van der Waals surface area contributed by atoms with Crippen LogP contribution in [0.25, 0.3) is 0 Å². The Balaban J connectivity index is 2.63. The van der Waals surface area contributed by atoms with E-state index in [2.05, 4.69) is 10.3 Å². The van der Waals surface area contributed by atoms with Gasteiger partial charge in [-0.15, -0.1) is 0 Å². The molecule has 1 rings (SSSR count). The second kappa shape index (κ2) is 6.54. The number of hydrogen-bond acceptors (Lipinski definition) is 2. The first-order valence-corrected chi connectivity index (χ1v) is 7.77. The van der Waals surface area contributed by atoms with Crippen LogP contribution in [0.5, 0.6) is 0 Å². The fourth-order valence-corrected chi connectivity index (χ4v) is 2.74. The van der Waals surface area contributed by atoms with Gasteiger partial charge in [0.1, 0.15) is 17.0 Å². The van der Waals surface area contributed by atoms with Crippen molar-refractivity contribution in [2.75, 3.05) is 0 Å². The maximum Gasteiger partial charge on any atom is 0.405 e. The molecule has 2 atom stereocenters. The zero-order chi connectivity index (χ0) is 14.7. The van der Waals surface area contributed by atoms with Crippen molar-refractivity contribution in [1.82, 2.24) is 10.3 Å². The number of hydrazine groups is 1. The average Bonchev–Trinajstić information content (AvgIpc) is 2.27. The van der Waals surface area contributed by atoms with Crippen LogP contribution in [-0.2, 0) is 11.0 Å². The minimum absolute atomic E-state index is 0.432. The molecule has 0 aromatic heterocycles. The topological polar surface area (TPSA) is 41.1 Å². The molecule has 0 radical (unpaired) electrons. The normalized spacial score (nSPS) is 22.2. The lowest BCUT2D eigenvalue weighted by molar-refractivity contribution is -0.171. The fraction of sp³-hybridized carbons (Fsp3) is 1.00. The van der Waals surface area contributed by atoms with Gasteiger partial charge in [0.15, 0.2) is 0 Å². The monoisotopic (exact) mass is 300 g/mol. The summed E-state index contributed by atoms with van der Waals surface area (Å²) in [5, 5.41) is 0. The molecule has 0 saturated heterocycles. The first kappa shape index (κ1) is 16.9. The lowest BCUT2D eigenvalue weighted by Gasteiger charge is -2.33. The van der Waals surface area contributed by atoms with Gasteiger partial charge < -0.3 is 0 Å². The van der Waals surface area contributed by atoms with E-state index >= 15 is 0 Å². The van der Waals surface area contributed by atoms with E-state index in [1.807, 2.05) is 0 Å². The maximum absolute atomic E-state index is 13.1. The summed E-state index contributed by atoms with van der Waals surface area (Å²) in [6.07, 6.45) is -0.510. The van der Waals surface area contributed by atoms with Gasteiger partial charge in [-0.05, 0) is 39.5 Å². The van der Waals surface area contributed by atoms with Crippen LogP contribution in [0.1, 0.15) is 52.9 Å². The van der Waals surface area contributed by atoms with Gasteiger partial charge in [0.2, 0.25) is 0 Å². The van der Waals surface area contributed by atoms with Gasteiger partial charge in [0.25, 0.3) is 0 Å². The molecule has 19 heavy (non-hydrogen) atoms. The van der Waals surface area contributed by atoms with Crippen LogP contribution >= 0.6 is 0 Å². The number of halogens is 3. The molecule has 0 amide bonds. The molecule has 1 unspecified atom stereocenters. The standard InChI is InChI=1S/C12H23F3N2OS/c1-11(2,3)19(18)17-16-10(12(13,14)15)9-7-5-4-6-8-9/h9-10,16-17H,4-8H2,1-3H3/t10-,19?/m1/s1. The second-order valence-electron chi connectivity index (χ2n) is 6.04. The van der Waals surface area contributed by atoms with E-state index < -0.39 is 33.9 Å². The Bertz CT molecular complexity index is 309. The summed E-state index contributed by atoms with van der Waals surface area (Å²) in [5.74, 6) is -0.432. The van der Waals surface area contributed by atoms with Crippen molar-refractivity contribution in [1.29, 1.82) is 0 Å². The van der Waals surface area contributed by atoms with Crippen molar-refractivity contribution in [2.45, 2.75) is 69.8 Å². The lowest BCUT2D eigenvalue weighted by atomic mass is 9.84. The molecule has 1 aliphatic rings. The smallest absolute Gasteiger partial charge is 0.241 e. The summed E-state index contributed by atoms with van der Waals surface area (Å²) < 4.78 is 50.3. The van der Waals surface area contributed by atoms with Gasteiger partial charge in [-0.1, -0.05) is 19.3 Å². The summed E-state index contributed by atoms with van der Waals surface area (Å²) in [6.45, 7) is 5.13. The molecule has 1 aliphatic carbocycles. The van der Waals surface area contributed by atoms with Gasteiger partial charge in [-0.3, -0.25) is 0 Å². The molecule has 0 aromatic rings. The molecule has 2 N–H and O–H groups in total. The highest BCUT2D eigenvalue weighted by Crippen LogP contribution is 2.34. The number of hydrogen-bond donors (Lipinski definition) is 2. The SMILES string of the molecule is CC(C)(C)S(=O)NN[C@H](C1CCCCC1)C(F)(F)F. The lowest BCUT2D eigenvalue weighted by Crippen LogP contribution is -2.55. The van der Waals surface area contributed by atoms with Gasteiger partial charge in [0.05, 0.1) is 4.75 Å². The Kier molecular flexibility index (Phi) is 5.82. The molecule has 114 valence electrons. The minimum Gasteiger partial charge on any atom is -0.241 e. The van der Waals surface area contributed by atoms with Crippen LogP contribution in [0.4, 0.5) is 13.2 Å². The zero-order valence-electron chi connectivity index (χ0n) is 11.6. The van der Waals surface area contributed by atoms with Crippen LogP contribution in [0, 0.1) is 5.92 Å². The van der Waals surface area contributed by atoms with Crippen LogP contribution in [0.15, 0.2) is 0 Å². The molecule has 0 heterocycles. The predicted molar refractivity (Wildman–Crippen MR) is 70.6 cm³/mol. The highest BCUT2D eigenvalue weighted by molar-refractivity contribution is 7.84. The molecular weight excluding hydrogens is 277 g/mol. The van der Waals surface area contributed by atoms with Crippen molar-refractivity contribution >= 4 is 11.0 Å². The van der Waals surface area contributed by atoms with Gasteiger partial charge >= 0.3 is 6.18 Å². The summed E-state index contributed by atoms with van der Waals surface area (Å²) in [4.78, 5) is 2.33. The summed E-state index contributed by atoms with van der Waals surface area (Å²) in [6, 6.07) is -1.63. The fourth-order valence-electron chi connectivity index (χ4n) is 2.20. The van der Waals surface area contributed by atoms with Crippen LogP contribution in [-0.4, -0.2) is 21.2 Å². The Morgan fingerprint density at radius 3 is 2.05 bits per heavy atom. The molecule has 3 nitrogen and oxygen atoms in total. The largest absolute Gasteiger partial charge is 0.405 e. The Hall–Kier alpha value is -0.140. The zero-order valence-corrected chi connectivity index (χ0v) is 12.5. The van der Waals surface area contributed by atoms with Crippen molar-refractivity contribution in [2.24, 2.45) is 5.92 Å². The van der Waals surface area contributed by atoms with E-state index in [-0.39, 0.29) is 0 Å². The third-order valence-corrected chi connectivity index (χ3v) is 4.75. The predicted octanol–water partition coefficient (Wildman–Crippen LogP) is 3.05. The van der Waals surface area contributed by atoms with E-state index in [0.29, 0.717) is 12.8 Å². The second-order valence-corrected chi connectivity index (χ2v) is 8.01. The highest BCUT2D eigenvalue weighted by Gasteiger charge is 2.45. The minimum atomic E-state index is -4.32. The Morgan fingerprint density at radius 2 is 1.63 bits per heavy atom. The first-order valence-electron chi connectivity index (χ1n) is 6.62.